The fraction of sp³-hybridized carbons (Fsp3) is 0.818. The molecule has 0 rings (SSSR count). The van der Waals surface area contributed by atoms with Gasteiger partial charge in [0.05, 0.1) is 6.61 Å². The van der Waals surface area contributed by atoms with Crippen LogP contribution in [0.15, 0.2) is 0 Å². The summed E-state index contributed by atoms with van der Waals surface area (Å²) >= 11 is 0. The molecule has 2 amide bonds. The highest BCUT2D eigenvalue weighted by atomic mass is 16.5. The van der Waals surface area contributed by atoms with Gasteiger partial charge in [-0.05, 0) is 26.2 Å². The first-order valence-electron chi connectivity index (χ1n) is 5.78. The first-order chi connectivity index (χ1) is 7.65. The number of carbonyl (C=O) groups excluding carboxylic acids is 2. The normalized spacial score (nSPS) is 11.9. The molecular weight excluding hydrogens is 208 g/mol. The molecule has 5 heteroatoms. The van der Waals surface area contributed by atoms with Crippen LogP contribution in [-0.2, 0) is 9.53 Å². The third-order valence-electron chi connectivity index (χ3n) is 2.52. The lowest BCUT2D eigenvalue weighted by Gasteiger charge is -2.26. The lowest BCUT2D eigenvalue weighted by Crippen LogP contribution is -2.34. The topological polar surface area (TPSA) is 72.6 Å². The van der Waals surface area contributed by atoms with Crippen LogP contribution >= 0.6 is 0 Å². The summed E-state index contributed by atoms with van der Waals surface area (Å²) in [4.78, 5) is 22.9. The molecule has 0 aromatic rings. The summed E-state index contributed by atoms with van der Waals surface area (Å²) in [6, 6.07) is 0.240. The SMILES string of the molecule is CCCC(CCCOC(N)=O)N(C=O)CC. The number of nitrogens with two attached hydrogens (primary N) is 1. The molecule has 1 atom stereocenters. The van der Waals surface area contributed by atoms with Crippen LogP contribution in [0.1, 0.15) is 39.5 Å². The minimum absolute atomic E-state index is 0.240. The van der Waals surface area contributed by atoms with Gasteiger partial charge >= 0.3 is 6.09 Å². The van der Waals surface area contributed by atoms with Crippen LogP contribution < -0.4 is 5.73 Å². The molecule has 0 radical (unpaired) electrons. The first kappa shape index (κ1) is 14.7. The molecule has 0 aromatic carbocycles. The minimum atomic E-state index is -0.741. The van der Waals surface area contributed by atoms with Crippen molar-refractivity contribution in [2.45, 2.75) is 45.6 Å². The van der Waals surface area contributed by atoms with Crippen LogP contribution in [0.3, 0.4) is 0 Å². The Kier molecular flexibility index (Phi) is 8.29. The minimum Gasteiger partial charge on any atom is -0.450 e. The molecule has 0 heterocycles. The fourth-order valence-electron chi connectivity index (χ4n) is 1.72. The number of carbonyl (C=O) groups is 2. The van der Waals surface area contributed by atoms with Crippen LogP contribution in [0.4, 0.5) is 4.79 Å². The summed E-state index contributed by atoms with van der Waals surface area (Å²) in [5.41, 5.74) is 4.85. The quantitative estimate of drug-likeness (QED) is 0.482. The van der Waals surface area contributed by atoms with Gasteiger partial charge in [-0.2, -0.15) is 0 Å². The molecule has 0 aliphatic rings. The molecule has 94 valence electrons. The number of ether oxygens (including phenoxy) is 1. The molecule has 0 saturated carbocycles. The highest BCUT2D eigenvalue weighted by Gasteiger charge is 2.14. The van der Waals surface area contributed by atoms with E-state index >= 15 is 0 Å². The second-order valence-electron chi connectivity index (χ2n) is 3.69. The van der Waals surface area contributed by atoms with Gasteiger partial charge in [-0.1, -0.05) is 13.3 Å². The third-order valence-corrected chi connectivity index (χ3v) is 2.52. The van der Waals surface area contributed by atoms with E-state index in [1.807, 2.05) is 6.92 Å². The van der Waals surface area contributed by atoms with Crippen molar-refractivity contribution in [1.29, 1.82) is 0 Å². The number of nitrogens with zero attached hydrogens (tertiary/aromatic N) is 1. The largest absolute Gasteiger partial charge is 0.450 e. The van der Waals surface area contributed by atoms with Gasteiger partial charge in [-0.3, -0.25) is 4.79 Å². The fourth-order valence-corrected chi connectivity index (χ4v) is 1.72. The number of primary amides is 1. The Morgan fingerprint density at radius 2 is 2.12 bits per heavy atom. The Bertz CT molecular complexity index is 209. The number of hydrogen-bond acceptors (Lipinski definition) is 3. The molecule has 2 N–H and O–H groups in total. The second-order valence-corrected chi connectivity index (χ2v) is 3.69. The Morgan fingerprint density at radius 1 is 1.44 bits per heavy atom. The first-order valence-corrected chi connectivity index (χ1v) is 5.78. The van der Waals surface area contributed by atoms with E-state index in [4.69, 9.17) is 5.73 Å². The lowest BCUT2D eigenvalue weighted by molar-refractivity contribution is -0.120. The molecular formula is C11H22N2O3. The van der Waals surface area contributed by atoms with Gasteiger partial charge in [0.15, 0.2) is 0 Å². The van der Waals surface area contributed by atoms with Crippen molar-refractivity contribution in [3.05, 3.63) is 0 Å². The molecule has 0 bridgehead atoms. The monoisotopic (exact) mass is 230 g/mol. The Morgan fingerprint density at radius 3 is 2.56 bits per heavy atom. The van der Waals surface area contributed by atoms with E-state index in [1.54, 1.807) is 4.90 Å². The summed E-state index contributed by atoms with van der Waals surface area (Å²) in [5.74, 6) is 0. The molecule has 0 saturated heterocycles. The number of hydrogen-bond donors (Lipinski definition) is 1. The maximum absolute atomic E-state index is 10.8. The molecule has 0 spiro atoms. The van der Waals surface area contributed by atoms with Gasteiger partial charge in [0, 0.05) is 12.6 Å². The Labute approximate surface area is 96.9 Å². The van der Waals surface area contributed by atoms with Crippen molar-refractivity contribution < 1.29 is 14.3 Å². The molecule has 5 nitrogen and oxygen atoms in total. The van der Waals surface area contributed by atoms with Crippen LogP contribution in [0.25, 0.3) is 0 Å². The average Bonchev–Trinajstić information content (AvgIpc) is 2.25. The van der Waals surface area contributed by atoms with E-state index in [2.05, 4.69) is 11.7 Å². The molecule has 0 aromatic heterocycles. The zero-order valence-corrected chi connectivity index (χ0v) is 10.1. The van der Waals surface area contributed by atoms with Crippen LogP contribution in [0.5, 0.6) is 0 Å². The zero-order valence-electron chi connectivity index (χ0n) is 10.1. The number of rotatable bonds is 9. The second kappa shape index (κ2) is 9.00. The summed E-state index contributed by atoms with van der Waals surface area (Å²) in [6.07, 6.45) is 3.73. The Hall–Kier alpha value is -1.26. The van der Waals surface area contributed by atoms with E-state index in [0.29, 0.717) is 13.2 Å². The van der Waals surface area contributed by atoms with Gasteiger partial charge in [-0.25, -0.2) is 4.79 Å². The number of amides is 2. The standard InChI is InChI=1S/C11H22N2O3/c1-3-6-10(13(4-2)9-14)7-5-8-16-11(12)15/h9-10H,3-8H2,1-2H3,(H2,12,15). The maximum atomic E-state index is 10.8. The van der Waals surface area contributed by atoms with Crippen molar-refractivity contribution >= 4 is 12.5 Å². The van der Waals surface area contributed by atoms with Crippen molar-refractivity contribution in [3.63, 3.8) is 0 Å². The van der Waals surface area contributed by atoms with E-state index in [9.17, 15) is 9.59 Å². The average molecular weight is 230 g/mol. The highest BCUT2D eigenvalue weighted by molar-refractivity contribution is 5.64. The van der Waals surface area contributed by atoms with Crippen molar-refractivity contribution in [3.8, 4) is 0 Å². The third kappa shape index (κ3) is 6.27. The summed E-state index contributed by atoms with van der Waals surface area (Å²) < 4.78 is 4.65. The van der Waals surface area contributed by atoms with Crippen LogP contribution in [-0.4, -0.2) is 36.6 Å². The van der Waals surface area contributed by atoms with Crippen molar-refractivity contribution in [2.75, 3.05) is 13.2 Å². The van der Waals surface area contributed by atoms with E-state index in [1.165, 1.54) is 0 Å². The zero-order chi connectivity index (χ0) is 12.4. The van der Waals surface area contributed by atoms with Crippen molar-refractivity contribution in [1.82, 2.24) is 4.90 Å². The molecule has 0 aliphatic heterocycles. The predicted molar refractivity (Wildman–Crippen MR) is 61.9 cm³/mol. The van der Waals surface area contributed by atoms with Gasteiger partial charge in [-0.15, -0.1) is 0 Å². The summed E-state index contributed by atoms with van der Waals surface area (Å²) in [7, 11) is 0. The van der Waals surface area contributed by atoms with Gasteiger partial charge in [0.2, 0.25) is 6.41 Å². The van der Waals surface area contributed by atoms with Crippen LogP contribution in [0.2, 0.25) is 0 Å². The smallest absolute Gasteiger partial charge is 0.404 e. The predicted octanol–water partition coefficient (Wildman–Crippen LogP) is 1.51. The van der Waals surface area contributed by atoms with E-state index in [-0.39, 0.29) is 6.04 Å². The molecule has 0 fully saturated rings. The van der Waals surface area contributed by atoms with Gasteiger partial charge in [0.1, 0.15) is 0 Å². The summed E-state index contributed by atoms with van der Waals surface area (Å²) in [6.45, 7) is 5.08. The van der Waals surface area contributed by atoms with Crippen LogP contribution in [0, 0.1) is 0 Å². The lowest BCUT2D eigenvalue weighted by atomic mass is 10.1. The van der Waals surface area contributed by atoms with E-state index < -0.39 is 6.09 Å². The maximum Gasteiger partial charge on any atom is 0.404 e. The Balaban J connectivity index is 3.92. The molecule has 1 unspecified atom stereocenters. The molecule has 16 heavy (non-hydrogen) atoms. The highest BCUT2D eigenvalue weighted by Crippen LogP contribution is 2.11. The van der Waals surface area contributed by atoms with Gasteiger partial charge < -0.3 is 15.4 Å². The summed E-state index contributed by atoms with van der Waals surface area (Å²) in [5, 5.41) is 0. The molecule has 0 aliphatic carbocycles. The van der Waals surface area contributed by atoms with Gasteiger partial charge in [0.25, 0.3) is 0 Å². The van der Waals surface area contributed by atoms with Crippen molar-refractivity contribution in [2.24, 2.45) is 5.73 Å². The van der Waals surface area contributed by atoms with E-state index in [0.717, 1.165) is 32.1 Å².